The molecular formula is C14H19N3O2. The van der Waals surface area contributed by atoms with E-state index in [1.54, 1.807) is 7.11 Å². The van der Waals surface area contributed by atoms with Crippen LogP contribution in [0.25, 0.3) is 11.4 Å². The maximum Gasteiger partial charge on any atom is 0.227 e. The van der Waals surface area contributed by atoms with Crippen molar-refractivity contribution < 1.29 is 9.26 Å². The van der Waals surface area contributed by atoms with Gasteiger partial charge in [-0.1, -0.05) is 11.2 Å². The topological polar surface area (TPSA) is 74.2 Å². The van der Waals surface area contributed by atoms with Gasteiger partial charge in [-0.2, -0.15) is 4.98 Å². The standard InChI is InChI=1S/C14H19N3O2/c1-9-4-6-11(12(8-9)18-3)14-16-13(19-17-14)7-5-10(2)15/h4,6,8,10H,5,7,15H2,1-3H3. The maximum absolute atomic E-state index is 5.71. The number of benzene rings is 1. The van der Waals surface area contributed by atoms with Gasteiger partial charge in [-0.05, 0) is 38.0 Å². The summed E-state index contributed by atoms with van der Waals surface area (Å²) in [5, 5.41) is 4.00. The summed E-state index contributed by atoms with van der Waals surface area (Å²) in [5.74, 6) is 1.91. The molecule has 19 heavy (non-hydrogen) atoms. The van der Waals surface area contributed by atoms with Crippen LogP contribution in [0.15, 0.2) is 22.7 Å². The summed E-state index contributed by atoms with van der Waals surface area (Å²) in [6, 6.07) is 6.02. The van der Waals surface area contributed by atoms with Gasteiger partial charge >= 0.3 is 0 Å². The van der Waals surface area contributed by atoms with Gasteiger partial charge < -0.3 is 15.0 Å². The van der Waals surface area contributed by atoms with Gasteiger partial charge in [-0.15, -0.1) is 0 Å². The van der Waals surface area contributed by atoms with E-state index in [4.69, 9.17) is 15.0 Å². The first-order valence-electron chi connectivity index (χ1n) is 6.33. The smallest absolute Gasteiger partial charge is 0.227 e. The van der Waals surface area contributed by atoms with Crippen LogP contribution in [0.2, 0.25) is 0 Å². The molecule has 1 atom stereocenters. The first-order chi connectivity index (χ1) is 9.10. The molecule has 0 saturated heterocycles. The van der Waals surface area contributed by atoms with Gasteiger partial charge in [-0.3, -0.25) is 0 Å². The van der Waals surface area contributed by atoms with E-state index >= 15 is 0 Å². The zero-order chi connectivity index (χ0) is 13.8. The van der Waals surface area contributed by atoms with E-state index in [-0.39, 0.29) is 6.04 Å². The predicted octanol–water partition coefficient (Wildman–Crippen LogP) is 2.33. The molecular weight excluding hydrogens is 242 g/mol. The third-order valence-electron chi connectivity index (χ3n) is 2.88. The Morgan fingerprint density at radius 3 is 2.89 bits per heavy atom. The van der Waals surface area contributed by atoms with Crippen LogP contribution in [0, 0.1) is 6.92 Å². The van der Waals surface area contributed by atoms with Crippen molar-refractivity contribution in [2.45, 2.75) is 32.7 Å². The molecule has 1 aromatic carbocycles. The number of nitrogens with two attached hydrogens (primary N) is 1. The van der Waals surface area contributed by atoms with Gasteiger partial charge in [0.15, 0.2) is 0 Å². The van der Waals surface area contributed by atoms with E-state index < -0.39 is 0 Å². The Balaban J connectivity index is 2.22. The molecule has 0 fully saturated rings. The van der Waals surface area contributed by atoms with Gasteiger partial charge in [0.25, 0.3) is 0 Å². The molecule has 5 nitrogen and oxygen atoms in total. The number of nitrogens with zero attached hydrogens (tertiary/aromatic N) is 2. The predicted molar refractivity (Wildman–Crippen MR) is 73.0 cm³/mol. The normalized spacial score (nSPS) is 12.4. The highest BCUT2D eigenvalue weighted by molar-refractivity contribution is 5.64. The van der Waals surface area contributed by atoms with Crippen molar-refractivity contribution in [1.29, 1.82) is 0 Å². The highest BCUT2D eigenvalue weighted by Gasteiger charge is 2.13. The molecule has 102 valence electrons. The minimum atomic E-state index is 0.129. The van der Waals surface area contributed by atoms with E-state index in [1.807, 2.05) is 32.0 Å². The van der Waals surface area contributed by atoms with Crippen LogP contribution in [0.1, 0.15) is 24.8 Å². The van der Waals surface area contributed by atoms with Crippen molar-refractivity contribution in [3.05, 3.63) is 29.7 Å². The second kappa shape index (κ2) is 5.84. The van der Waals surface area contributed by atoms with Crippen LogP contribution in [0.3, 0.4) is 0 Å². The molecule has 0 bridgehead atoms. The van der Waals surface area contributed by atoms with Gasteiger partial charge in [0.1, 0.15) is 5.75 Å². The Morgan fingerprint density at radius 1 is 1.42 bits per heavy atom. The number of ether oxygens (including phenoxy) is 1. The number of hydrogen-bond donors (Lipinski definition) is 1. The Kier molecular flexibility index (Phi) is 4.16. The van der Waals surface area contributed by atoms with Crippen molar-refractivity contribution >= 4 is 0 Å². The summed E-state index contributed by atoms with van der Waals surface area (Å²) in [6.07, 6.45) is 1.52. The summed E-state index contributed by atoms with van der Waals surface area (Å²) in [5.41, 5.74) is 7.67. The molecule has 0 saturated carbocycles. The molecule has 2 rings (SSSR count). The fourth-order valence-corrected chi connectivity index (χ4v) is 1.80. The van der Waals surface area contributed by atoms with Gasteiger partial charge in [0.2, 0.25) is 11.7 Å². The molecule has 0 amide bonds. The van der Waals surface area contributed by atoms with E-state index in [1.165, 1.54) is 0 Å². The summed E-state index contributed by atoms with van der Waals surface area (Å²) >= 11 is 0. The lowest BCUT2D eigenvalue weighted by Crippen LogP contribution is -2.15. The minimum Gasteiger partial charge on any atom is -0.496 e. The molecule has 5 heteroatoms. The van der Waals surface area contributed by atoms with Gasteiger partial charge in [-0.25, -0.2) is 0 Å². The molecule has 0 aliphatic heterocycles. The highest BCUT2D eigenvalue weighted by Crippen LogP contribution is 2.28. The fourth-order valence-electron chi connectivity index (χ4n) is 1.80. The molecule has 0 aliphatic carbocycles. The Labute approximate surface area is 112 Å². The van der Waals surface area contributed by atoms with Crippen molar-refractivity contribution in [3.8, 4) is 17.1 Å². The van der Waals surface area contributed by atoms with Crippen molar-refractivity contribution in [1.82, 2.24) is 10.1 Å². The molecule has 0 radical (unpaired) electrons. The van der Waals surface area contributed by atoms with E-state index in [9.17, 15) is 0 Å². The molecule has 1 heterocycles. The third-order valence-corrected chi connectivity index (χ3v) is 2.88. The van der Waals surface area contributed by atoms with E-state index in [0.29, 0.717) is 18.1 Å². The Hall–Kier alpha value is -1.88. The lowest BCUT2D eigenvalue weighted by atomic mass is 10.1. The maximum atomic E-state index is 5.71. The Bertz CT molecular complexity index is 549. The zero-order valence-electron chi connectivity index (χ0n) is 11.5. The summed E-state index contributed by atoms with van der Waals surface area (Å²) in [7, 11) is 1.63. The molecule has 0 aliphatic rings. The number of methoxy groups -OCH3 is 1. The largest absolute Gasteiger partial charge is 0.496 e. The van der Waals surface area contributed by atoms with E-state index in [0.717, 1.165) is 23.3 Å². The average Bonchev–Trinajstić information content (AvgIpc) is 2.84. The zero-order valence-corrected chi connectivity index (χ0v) is 11.5. The number of hydrogen-bond acceptors (Lipinski definition) is 5. The van der Waals surface area contributed by atoms with Crippen LogP contribution in [0.4, 0.5) is 0 Å². The lowest BCUT2D eigenvalue weighted by Gasteiger charge is -2.05. The van der Waals surface area contributed by atoms with Gasteiger partial charge in [0, 0.05) is 12.5 Å². The number of aromatic nitrogens is 2. The first-order valence-corrected chi connectivity index (χ1v) is 6.33. The van der Waals surface area contributed by atoms with E-state index in [2.05, 4.69) is 10.1 Å². The monoisotopic (exact) mass is 261 g/mol. The molecule has 0 spiro atoms. The SMILES string of the molecule is COc1cc(C)ccc1-c1noc(CCC(C)N)n1. The second-order valence-corrected chi connectivity index (χ2v) is 4.73. The third kappa shape index (κ3) is 3.32. The summed E-state index contributed by atoms with van der Waals surface area (Å²) < 4.78 is 10.6. The van der Waals surface area contributed by atoms with Crippen LogP contribution in [-0.2, 0) is 6.42 Å². The minimum absolute atomic E-state index is 0.129. The van der Waals surface area contributed by atoms with Crippen LogP contribution < -0.4 is 10.5 Å². The number of rotatable bonds is 5. The average molecular weight is 261 g/mol. The van der Waals surface area contributed by atoms with Crippen LogP contribution in [0.5, 0.6) is 5.75 Å². The van der Waals surface area contributed by atoms with Crippen molar-refractivity contribution in [2.75, 3.05) is 7.11 Å². The van der Waals surface area contributed by atoms with Crippen molar-refractivity contribution in [2.24, 2.45) is 5.73 Å². The summed E-state index contributed by atoms with van der Waals surface area (Å²) in [4.78, 5) is 4.38. The highest BCUT2D eigenvalue weighted by atomic mass is 16.5. The molecule has 1 aromatic heterocycles. The first kappa shape index (κ1) is 13.5. The number of aryl methyl sites for hydroxylation is 2. The van der Waals surface area contributed by atoms with Crippen LogP contribution >= 0.6 is 0 Å². The van der Waals surface area contributed by atoms with Gasteiger partial charge in [0.05, 0.1) is 12.7 Å². The summed E-state index contributed by atoms with van der Waals surface area (Å²) in [6.45, 7) is 3.97. The Morgan fingerprint density at radius 2 is 2.21 bits per heavy atom. The molecule has 2 aromatic rings. The molecule has 1 unspecified atom stereocenters. The van der Waals surface area contributed by atoms with Crippen LogP contribution in [-0.4, -0.2) is 23.3 Å². The second-order valence-electron chi connectivity index (χ2n) is 4.73. The fraction of sp³-hybridized carbons (Fsp3) is 0.429. The quantitative estimate of drug-likeness (QED) is 0.894. The molecule has 2 N–H and O–H groups in total. The van der Waals surface area contributed by atoms with Crippen molar-refractivity contribution in [3.63, 3.8) is 0 Å². The lowest BCUT2D eigenvalue weighted by molar-refractivity contribution is 0.372.